The summed E-state index contributed by atoms with van der Waals surface area (Å²) in [4.78, 5) is 21.6. The number of carbonyl (C=O) groups excluding carboxylic acids is 1. The molecule has 1 aromatic rings. The number of rotatable bonds is 3. The summed E-state index contributed by atoms with van der Waals surface area (Å²) in [5.74, 6) is -3.94. The second-order valence-corrected chi connectivity index (χ2v) is 3.73. The zero-order valence-corrected chi connectivity index (χ0v) is 9.42. The monoisotopic (exact) mass is 281 g/mol. The van der Waals surface area contributed by atoms with E-state index in [4.69, 9.17) is 16.7 Å². The Morgan fingerprint density at radius 3 is 2.39 bits per heavy atom. The van der Waals surface area contributed by atoms with Gasteiger partial charge < -0.3 is 10.4 Å². The van der Waals surface area contributed by atoms with Crippen LogP contribution in [0.1, 0.15) is 11.6 Å². The van der Waals surface area contributed by atoms with E-state index in [-0.39, 0.29) is 10.6 Å². The molecule has 0 bridgehead atoms. The molecule has 18 heavy (non-hydrogen) atoms. The third-order valence-corrected chi connectivity index (χ3v) is 2.20. The molecule has 0 unspecified atom stereocenters. The highest BCUT2D eigenvalue weighted by molar-refractivity contribution is 6.30. The highest BCUT2D eigenvalue weighted by Crippen LogP contribution is 2.21. The van der Waals surface area contributed by atoms with Crippen LogP contribution in [0, 0.1) is 0 Å². The average molecular weight is 282 g/mol. The topological polar surface area (TPSA) is 66.4 Å². The number of benzene rings is 1. The second kappa shape index (κ2) is 5.26. The summed E-state index contributed by atoms with van der Waals surface area (Å²) < 4.78 is 36.1. The Labute approximate surface area is 104 Å². The highest BCUT2D eigenvalue weighted by Gasteiger charge is 2.41. The molecule has 98 valence electrons. The summed E-state index contributed by atoms with van der Waals surface area (Å²) in [5.41, 5.74) is -0.0485. The number of carbonyl (C=O) groups is 2. The van der Waals surface area contributed by atoms with Gasteiger partial charge in [0.05, 0.1) is 0 Å². The number of carboxylic acids is 1. The molecular formula is C10H7ClF3NO3. The van der Waals surface area contributed by atoms with Gasteiger partial charge in [-0.2, -0.15) is 13.2 Å². The number of alkyl halides is 3. The largest absolute Gasteiger partial charge is 0.479 e. The molecule has 0 aliphatic carbocycles. The van der Waals surface area contributed by atoms with Gasteiger partial charge in [0.1, 0.15) is 0 Å². The Kier molecular flexibility index (Phi) is 4.18. The summed E-state index contributed by atoms with van der Waals surface area (Å²) in [5, 5.41) is 10.3. The third kappa shape index (κ3) is 3.63. The Hall–Kier alpha value is -1.76. The lowest BCUT2D eigenvalue weighted by Gasteiger charge is -2.16. The maximum atomic E-state index is 12.0. The van der Waals surface area contributed by atoms with Crippen LogP contribution >= 0.6 is 11.6 Å². The van der Waals surface area contributed by atoms with Crippen LogP contribution in [-0.4, -0.2) is 23.2 Å². The zero-order chi connectivity index (χ0) is 13.9. The van der Waals surface area contributed by atoms with Crippen LogP contribution in [0.25, 0.3) is 0 Å². The van der Waals surface area contributed by atoms with Crippen LogP contribution in [0.3, 0.4) is 0 Å². The molecule has 1 amide bonds. The predicted octanol–water partition coefficient (Wildman–Crippen LogP) is 2.14. The van der Waals surface area contributed by atoms with Gasteiger partial charge in [-0.3, -0.25) is 4.79 Å². The molecule has 2 N–H and O–H groups in total. The Morgan fingerprint density at radius 2 is 1.94 bits per heavy atom. The van der Waals surface area contributed by atoms with Gasteiger partial charge in [-0.1, -0.05) is 23.7 Å². The summed E-state index contributed by atoms with van der Waals surface area (Å²) in [7, 11) is 0. The molecule has 0 radical (unpaired) electrons. The fourth-order valence-corrected chi connectivity index (χ4v) is 1.39. The van der Waals surface area contributed by atoms with E-state index in [0.717, 1.165) is 6.07 Å². The molecular weight excluding hydrogens is 275 g/mol. The standard InChI is InChI=1S/C10H7ClF3NO3/c11-6-3-1-2-5(4-6)7(8(16)17)15-9(18)10(12,13)14/h1-4,7H,(H,15,18)(H,16,17)/t7-/m0/s1. The number of aliphatic carboxylic acids is 1. The summed E-state index contributed by atoms with van der Waals surface area (Å²) >= 11 is 5.59. The minimum absolute atomic E-state index is 0.0485. The fourth-order valence-electron chi connectivity index (χ4n) is 1.19. The van der Waals surface area contributed by atoms with Crippen molar-refractivity contribution in [1.82, 2.24) is 5.32 Å². The number of hydrogen-bond acceptors (Lipinski definition) is 2. The molecule has 0 saturated heterocycles. The van der Waals surface area contributed by atoms with Crippen LogP contribution < -0.4 is 5.32 Å². The molecule has 0 aromatic heterocycles. The molecule has 0 aliphatic heterocycles. The van der Waals surface area contributed by atoms with Gasteiger partial charge >= 0.3 is 18.1 Å². The third-order valence-electron chi connectivity index (χ3n) is 1.96. The van der Waals surface area contributed by atoms with Gasteiger partial charge in [-0.25, -0.2) is 4.79 Å². The fraction of sp³-hybridized carbons (Fsp3) is 0.200. The van der Waals surface area contributed by atoms with Crippen molar-refractivity contribution in [3.8, 4) is 0 Å². The van der Waals surface area contributed by atoms with Gasteiger partial charge in [0, 0.05) is 5.02 Å². The van der Waals surface area contributed by atoms with E-state index in [9.17, 15) is 22.8 Å². The average Bonchev–Trinajstić information content (AvgIpc) is 2.23. The van der Waals surface area contributed by atoms with Crippen molar-refractivity contribution in [3.05, 3.63) is 34.9 Å². The Morgan fingerprint density at radius 1 is 1.33 bits per heavy atom. The lowest BCUT2D eigenvalue weighted by molar-refractivity contribution is -0.175. The van der Waals surface area contributed by atoms with E-state index < -0.39 is 24.1 Å². The maximum absolute atomic E-state index is 12.0. The van der Waals surface area contributed by atoms with Crippen molar-refractivity contribution in [2.24, 2.45) is 0 Å². The first kappa shape index (κ1) is 14.3. The number of hydrogen-bond donors (Lipinski definition) is 2. The van der Waals surface area contributed by atoms with Crippen molar-refractivity contribution in [3.63, 3.8) is 0 Å². The summed E-state index contributed by atoms with van der Waals surface area (Å²) in [6, 6.07) is 3.40. The molecule has 4 nitrogen and oxygen atoms in total. The van der Waals surface area contributed by atoms with Crippen molar-refractivity contribution < 1.29 is 27.9 Å². The molecule has 8 heteroatoms. The first-order chi connectivity index (χ1) is 8.21. The normalized spacial score (nSPS) is 12.9. The van der Waals surface area contributed by atoms with Crippen LogP contribution in [0.2, 0.25) is 5.02 Å². The number of halogens is 4. The molecule has 0 aliphatic rings. The molecule has 0 fully saturated rings. The lowest BCUT2D eigenvalue weighted by atomic mass is 10.1. The zero-order valence-electron chi connectivity index (χ0n) is 8.66. The van der Waals surface area contributed by atoms with E-state index in [1.165, 1.54) is 23.5 Å². The van der Waals surface area contributed by atoms with E-state index in [1.807, 2.05) is 0 Å². The Bertz CT molecular complexity index is 476. The van der Waals surface area contributed by atoms with E-state index in [1.54, 1.807) is 0 Å². The minimum atomic E-state index is -5.15. The van der Waals surface area contributed by atoms with Crippen molar-refractivity contribution in [2.75, 3.05) is 0 Å². The predicted molar refractivity (Wildman–Crippen MR) is 56.0 cm³/mol. The van der Waals surface area contributed by atoms with Crippen LogP contribution in [0.15, 0.2) is 24.3 Å². The molecule has 0 saturated carbocycles. The van der Waals surface area contributed by atoms with Crippen LogP contribution in [0.4, 0.5) is 13.2 Å². The van der Waals surface area contributed by atoms with E-state index in [0.29, 0.717) is 0 Å². The summed E-state index contributed by atoms with van der Waals surface area (Å²) in [6.45, 7) is 0. The van der Waals surface area contributed by atoms with Gasteiger partial charge in [0.2, 0.25) is 0 Å². The Balaban J connectivity index is 2.98. The smallest absolute Gasteiger partial charge is 0.471 e. The van der Waals surface area contributed by atoms with Crippen LogP contribution in [-0.2, 0) is 9.59 Å². The molecule has 1 atom stereocenters. The number of nitrogens with one attached hydrogen (secondary N) is 1. The van der Waals surface area contributed by atoms with E-state index in [2.05, 4.69) is 0 Å². The summed E-state index contributed by atoms with van der Waals surface area (Å²) in [6.07, 6.45) is -5.15. The van der Waals surface area contributed by atoms with Gasteiger partial charge in [-0.15, -0.1) is 0 Å². The highest BCUT2D eigenvalue weighted by atomic mass is 35.5. The minimum Gasteiger partial charge on any atom is -0.479 e. The van der Waals surface area contributed by atoms with Crippen LogP contribution in [0.5, 0.6) is 0 Å². The first-order valence-corrected chi connectivity index (χ1v) is 4.95. The first-order valence-electron chi connectivity index (χ1n) is 4.58. The van der Waals surface area contributed by atoms with Gasteiger partial charge in [-0.05, 0) is 17.7 Å². The van der Waals surface area contributed by atoms with Crippen molar-refractivity contribution in [1.29, 1.82) is 0 Å². The molecule has 1 aromatic carbocycles. The number of carboxylic acid groups (broad SMARTS) is 1. The quantitative estimate of drug-likeness (QED) is 0.892. The van der Waals surface area contributed by atoms with Gasteiger partial charge in [0.15, 0.2) is 6.04 Å². The maximum Gasteiger partial charge on any atom is 0.471 e. The molecule has 0 heterocycles. The van der Waals surface area contributed by atoms with Crippen molar-refractivity contribution in [2.45, 2.75) is 12.2 Å². The molecule has 0 spiro atoms. The van der Waals surface area contributed by atoms with Gasteiger partial charge in [0.25, 0.3) is 0 Å². The molecule has 1 rings (SSSR count). The van der Waals surface area contributed by atoms with E-state index >= 15 is 0 Å². The SMILES string of the molecule is O=C(O)[C@@H](NC(=O)C(F)(F)F)c1cccc(Cl)c1. The number of amides is 1. The van der Waals surface area contributed by atoms with Crippen molar-refractivity contribution >= 4 is 23.5 Å². The lowest BCUT2D eigenvalue weighted by Crippen LogP contribution is -2.41. The second-order valence-electron chi connectivity index (χ2n) is 3.30.